The number of halogens is 1. The Balaban J connectivity index is 1.69. The van der Waals surface area contributed by atoms with Crippen LogP contribution in [0.2, 0.25) is 0 Å². The molecule has 1 aliphatic carbocycles. The first-order valence-electron chi connectivity index (χ1n) is 8.42. The van der Waals surface area contributed by atoms with Crippen molar-refractivity contribution in [2.24, 2.45) is 0 Å². The Labute approximate surface area is 151 Å². The van der Waals surface area contributed by atoms with Crippen LogP contribution in [0.4, 0.5) is 11.5 Å². The van der Waals surface area contributed by atoms with Crippen LogP contribution in [0.25, 0.3) is 0 Å². The Hall–Kier alpha value is -1.88. The van der Waals surface area contributed by atoms with Crippen LogP contribution in [0.15, 0.2) is 41.0 Å². The van der Waals surface area contributed by atoms with Gasteiger partial charge in [-0.3, -0.25) is 4.79 Å². The molecule has 0 atom stereocenters. The van der Waals surface area contributed by atoms with Crippen molar-refractivity contribution in [2.45, 2.75) is 45.1 Å². The minimum atomic E-state index is -0.116. The molecule has 1 aromatic carbocycles. The van der Waals surface area contributed by atoms with Crippen molar-refractivity contribution < 1.29 is 4.79 Å². The molecule has 0 aliphatic heterocycles. The number of amides is 1. The van der Waals surface area contributed by atoms with Gasteiger partial charge in [-0.1, -0.05) is 35.2 Å². The van der Waals surface area contributed by atoms with Crippen molar-refractivity contribution >= 4 is 33.3 Å². The fourth-order valence-corrected chi connectivity index (χ4v) is 3.54. The Morgan fingerprint density at radius 3 is 2.71 bits per heavy atom. The van der Waals surface area contributed by atoms with Gasteiger partial charge in [0.1, 0.15) is 5.82 Å². The van der Waals surface area contributed by atoms with E-state index in [-0.39, 0.29) is 5.91 Å². The van der Waals surface area contributed by atoms with Crippen molar-refractivity contribution in [3.8, 4) is 0 Å². The number of hydrogen-bond donors (Lipinski definition) is 2. The topological polar surface area (TPSA) is 54.0 Å². The van der Waals surface area contributed by atoms with Gasteiger partial charge in [-0.05, 0) is 55.7 Å². The standard InChI is InChI=1S/C19H22BrN3O/c1-13-11-15(20)7-8-17(13)23-19(24)14-9-10-21-18(12-14)22-16-5-3-2-4-6-16/h7-12,16H,2-6H2,1H3,(H,21,22)(H,23,24). The van der Waals surface area contributed by atoms with E-state index in [2.05, 4.69) is 31.5 Å². The van der Waals surface area contributed by atoms with Crippen LogP contribution in [0, 0.1) is 6.92 Å². The van der Waals surface area contributed by atoms with Gasteiger partial charge in [-0.25, -0.2) is 4.98 Å². The van der Waals surface area contributed by atoms with Crippen LogP contribution in [0.1, 0.15) is 48.0 Å². The van der Waals surface area contributed by atoms with Gasteiger partial charge in [0.05, 0.1) is 0 Å². The largest absolute Gasteiger partial charge is 0.367 e. The number of carbonyl (C=O) groups excluding carboxylic acids is 1. The summed E-state index contributed by atoms with van der Waals surface area (Å²) in [6, 6.07) is 9.86. The molecule has 0 radical (unpaired) electrons. The molecular weight excluding hydrogens is 366 g/mol. The number of carbonyl (C=O) groups is 1. The summed E-state index contributed by atoms with van der Waals surface area (Å²) in [4.78, 5) is 16.9. The predicted octanol–water partition coefficient (Wildman–Crippen LogP) is 5.15. The number of pyridine rings is 1. The lowest BCUT2D eigenvalue weighted by molar-refractivity contribution is 0.102. The lowest BCUT2D eigenvalue weighted by Crippen LogP contribution is -2.23. The van der Waals surface area contributed by atoms with E-state index in [1.165, 1.54) is 32.1 Å². The number of aryl methyl sites for hydroxylation is 1. The monoisotopic (exact) mass is 387 g/mol. The van der Waals surface area contributed by atoms with Crippen LogP contribution >= 0.6 is 15.9 Å². The molecule has 1 aliphatic rings. The van der Waals surface area contributed by atoms with E-state index < -0.39 is 0 Å². The molecule has 0 spiro atoms. The molecule has 0 unspecified atom stereocenters. The third-order valence-corrected chi connectivity index (χ3v) is 4.91. The van der Waals surface area contributed by atoms with E-state index in [0.29, 0.717) is 11.6 Å². The fraction of sp³-hybridized carbons (Fsp3) is 0.368. The molecule has 3 rings (SSSR count). The predicted molar refractivity (Wildman–Crippen MR) is 102 cm³/mol. The Morgan fingerprint density at radius 1 is 1.17 bits per heavy atom. The summed E-state index contributed by atoms with van der Waals surface area (Å²) in [5.74, 6) is 0.664. The van der Waals surface area contributed by atoms with E-state index in [1.54, 1.807) is 12.3 Å². The quantitative estimate of drug-likeness (QED) is 0.762. The van der Waals surface area contributed by atoms with Gasteiger partial charge in [-0.2, -0.15) is 0 Å². The van der Waals surface area contributed by atoms with E-state index >= 15 is 0 Å². The van der Waals surface area contributed by atoms with Crippen molar-refractivity contribution in [1.82, 2.24) is 4.98 Å². The Bertz CT molecular complexity index is 726. The molecular formula is C19H22BrN3O. The Morgan fingerprint density at radius 2 is 1.96 bits per heavy atom. The van der Waals surface area contributed by atoms with Gasteiger partial charge in [0.2, 0.25) is 0 Å². The van der Waals surface area contributed by atoms with Crippen molar-refractivity contribution in [1.29, 1.82) is 0 Å². The molecule has 126 valence electrons. The molecule has 1 fully saturated rings. The van der Waals surface area contributed by atoms with Gasteiger partial charge in [-0.15, -0.1) is 0 Å². The molecule has 2 aromatic rings. The van der Waals surface area contributed by atoms with Crippen LogP contribution in [0.3, 0.4) is 0 Å². The zero-order valence-electron chi connectivity index (χ0n) is 13.8. The lowest BCUT2D eigenvalue weighted by Gasteiger charge is -2.23. The first kappa shape index (κ1) is 17.0. The molecule has 24 heavy (non-hydrogen) atoms. The van der Waals surface area contributed by atoms with E-state index in [1.807, 2.05) is 31.2 Å². The van der Waals surface area contributed by atoms with Crippen molar-refractivity contribution in [3.05, 3.63) is 52.1 Å². The van der Waals surface area contributed by atoms with E-state index in [4.69, 9.17) is 0 Å². The number of benzene rings is 1. The lowest BCUT2D eigenvalue weighted by atomic mass is 9.95. The van der Waals surface area contributed by atoms with Crippen LogP contribution in [-0.2, 0) is 0 Å². The Kier molecular flexibility index (Phi) is 5.51. The van der Waals surface area contributed by atoms with Gasteiger partial charge in [0, 0.05) is 28.0 Å². The maximum absolute atomic E-state index is 12.5. The highest BCUT2D eigenvalue weighted by Gasteiger charge is 2.15. The third kappa shape index (κ3) is 4.35. The molecule has 1 saturated carbocycles. The second-order valence-corrected chi connectivity index (χ2v) is 7.24. The fourth-order valence-electron chi connectivity index (χ4n) is 3.07. The maximum Gasteiger partial charge on any atom is 0.255 e. The smallest absolute Gasteiger partial charge is 0.255 e. The van der Waals surface area contributed by atoms with Crippen LogP contribution in [0.5, 0.6) is 0 Å². The molecule has 1 heterocycles. The third-order valence-electron chi connectivity index (χ3n) is 4.42. The summed E-state index contributed by atoms with van der Waals surface area (Å²) in [5.41, 5.74) is 2.46. The molecule has 1 amide bonds. The summed E-state index contributed by atoms with van der Waals surface area (Å²) in [5, 5.41) is 6.43. The first-order valence-corrected chi connectivity index (χ1v) is 9.21. The number of rotatable bonds is 4. The second kappa shape index (κ2) is 7.79. The minimum Gasteiger partial charge on any atom is -0.367 e. The highest BCUT2D eigenvalue weighted by Crippen LogP contribution is 2.23. The number of nitrogens with zero attached hydrogens (tertiary/aromatic N) is 1. The second-order valence-electron chi connectivity index (χ2n) is 6.32. The molecule has 2 N–H and O–H groups in total. The molecule has 0 bridgehead atoms. The number of aromatic nitrogens is 1. The normalized spacial score (nSPS) is 15.1. The number of hydrogen-bond acceptors (Lipinski definition) is 3. The maximum atomic E-state index is 12.5. The van der Waals surface area contributed by atoms with Gasteiger partial charge < -0.3 is 10.6 Å². The molecule has 0 saturated heterocycles. The average molecular weight is 388 g/mol. The van der Waals surface area contributed by atoms with Crippen molar-refractivity contribution in [2.75, 3.05) is 10.6 Å². The summed E-state index contributed by atoms with van der Waals surface area (Å²) in [6.07, 6.45) is 7.89. The SMILES string of the molecule is Cc1cc(Br)ccc1NC(=O)c1ccnc(NC2CCCCC2)c1. The molecule has 1 aromatic heterocycles. The summed E-state index contributed by atoms with van der Waals surface area (Å²) in [7, 11) is 0. The van der Waals surface area contributed by atoms with Crippen LogP contribution < -0.4 is 10.6 Å². The summed E-state index contributed by atoms with van der Waals surface area (Å²) in [6.45, 7) is 1.98. The zero-order valence-corrected chi connectivity index (χ0v) is 15.4. The van der Waals surface area contributed by atoms with E-state index in [9.17, 15) is 4.79 Å². The summed E-state index contributed by atoms with van der Waals surface area (Å²) < 4.78 is 1.00. The van der Waals surface area contributed by atoms with Gasteiger partial charge in [0.15, 0.2) is 0 Å². The number of nitrogens with one attached hydrogen (secondary N) is 2. The zero-order chi connectivity index (χ0) is 16.9. The minimum absolute atomic E-state index is 0.116. The van der Waals surface area contributed by atoms with Gasteiger partial charge >= 0.3 is 0 Å². The van der Waals surface area contributed by atoms with Gasteiger partial charge in [0.25, 0.3) is 5.91 Å². The number of anilines is 2. The summed E-state index contributed by atoms with van der Waals surface area (Å²) >= 11 is 3.43. The van der Waals surface area contributed by atoms with E-state index in [0.717, 1.165) is 21.5 Å². The molecule has 4 nitrogen and oxygen atoms in total. The van der Waals surface area contributed by atoms with Crippen LogP contribution in [-0.4, -0.2) is 16.9 Å². The first-order chi connectivity index (χ1) is 11.6. The highest BCUT2D eigenvalue weighted by molar-refractivity contribution is 9.10. The highest BCUT2D eigenvalue weighted by atomic mass is 79.9. The van der Waals surface area contributed by atoms with Crippen molar-refractivity contribution in [3.63, 3.8) is 0 Å². The average Bonchev–Trinajstić information content (AvgIpc) is 2.58. The molecule has 5 heteroatoms.